The Balaban J connectivity index is 2.08. The van der Waals surface area contributed by atoms with Crippen LogP contribution in [0.4, 0.5) is 10.1 Å². The number of carbonyl (C=O) groups is 1. The summed E-state index contributed by atoms with van der Waals surface area (Å²) >= 11 is 5.61. The maximum Gasteiger partial charge on any atom is 0.229 e. The minimum atomic E-state index is -0.601. The summed E-state index contributed by atoms with van der Waals surface area (Å²) in [6.07, 6.45) is 0.675. The molecule has 1 atom stereocenters. The number of anilines is 1. The molecule has 1 unspecified atom stereocenters. The molecule has 1 N–H and O–H groups in total. The topological polar surface area (TPSA) is 38.3 Å². The lowest BCUT2D eigenvalue weighted by Gasteiger charge is -2.10. The van der Waals surface area contributed by atoms with Gasteiger partial charge in [-0.1, -0.05) is 17.7 Å². The molecular weight excluding hydrogens is 233 g/mol. The third kappa shape index (κ3) is 2.33. The maximum atomic E-state index is 13.5. The minimum absolute atomic E-state index is 0.000437. The van der Waals surface area contributed by atoms with E-state index < -0.39 is 5.82 Å². The van der Waals surface area contributed by atoms with Crippen LogP contribution in [0.3, 0.4) is 0 Å². The summed E-state index contributed by atoms with van der Waals surface area (Å²) in [5.74, 6) is -1.02. The Bertz CT molecular complexity index is 405. The van der Waals surface area contributed by atoms with E-state index in [9.17, 15) is 9.18 Å². The second-order valence-corrected chi connectivity index (χ2v) is 4.06. The van der Waals surface area contributed by atoms with Crippen molar-refractivity contribution in [3.63, 3.8) is 0 Å². The first kappa shape index (κ1) is 11.4. The van der Waals surface area contributed by atoms with Crippen molar-refractivity contribution in [2.24, 2.45) is 5.92 Å². The molecule has 0 aromatic heterocycles. The second-order valence-electron chi connectivity index (χ2n) is 3.65. The molecule has 86 valence electrons. The first-order valence-corrected chi connectivity index (χ1v) is 5.39. The number of carbonyl (C=O) groups excluding carboxylic acids is 1. The van der Waals surface area contributed by atoms with Crippen molar-refractivity contribution >= 4 is 23.2 Å². The second kappa shape index (κ2) is 4.80. The SMILES string of the molecule is O=C(Nc1cccc(Cl)c1F)C1CCOC1. The maximum absolute atomic E-state index is 13.5. The van der Waals surface area contributed by atoms with Crippen LogP contribution in [0, 0.1) is 11.7 Å². The van der Waals surface area contributed by atoms with Gasteiger partial charge in [-0.05, 0) is 18.6 Å². The number of halogens is 2. The quantitative estimate of drug-likeness (QED) is 0.867. The van der Waals surface area contributed by atoms with Gasteiger partial charge in [0, 0.05) is 6.61 Å². The van der Waals surface area contributed by atoms with E-state index >= 15 is 0 Å². The molecule has 1 amide bonds. The van der Waals surface area contributed by atoms with Crippen molar-refractivity contribution in [2.45, 2.75) is 6.42 Å². The molecule has 0 spiro atoms. The monoisotopic (exact) mass is 243 g/mol. The number of benzene rings is 1. The zero-order valence-electron chi connectivity index (χ0n) is 8.50. The summed E-state index contributed by atoms with van der Waals surface area (Å²) in [4.78, 5) is 11.7. The Kier molecular flexibility index (Phi) is 3.41. The molecule has 1 saturated heterocycles. The van der Waals surface area contributed by atoms with Crippen LogP contribution in [0.2, 0.25) is 5.02 Å². The Morgan fingerprint density at radius 3 is 3.06 bits per heavy atom. The van der Waals surface area contributed by atoms with Crippen LogP contribution in [0.1, 0.15) is 6.42 Å². The number of amides is 1. The Hall–Kier alpha value is -1.13. The van der Waals surface area contributed by atoms with Crippen molar-refractivity contribution in [2.75, 3.05) is 18.5 Å². The molecule has 16 heavy (non-hydrogen) atoms. The van der Waals surface area contributed by atoms with Gasteiger partial charge >= 0.3 is 0 Å². The van der Waals surface area contributed by atoms with Crippen molar-refractivity contribution in [3.05, 3.63) is 29.0 Å². The van der Waals surface area contributed by atoms with Crippen LogP contribution in [0.25, 0.3) is 0 Å². The molecule has 1 aromatic carbocycles. The van der Waals surface area contributed by atoms with Gasteiger partial charge in [-0.3, -0.25) is 4.79 Å². The lowest BCUT2D eigenvalue weighted by atomic mass is 10.1. The predicted octanol–water partition coefficient (Wildman–Crippen LogP) is 2.45. The largest absolute Gasteiger partial charge is 0.381 e. The number of nitrogens with one attached hydrogen (secondary N) is 1. The van der Waals surface area contributed by atoms with Gasteiger partial charge in [-0.2, -0.15) is 0 Å². The molecular formula is C11H11ClFNO2. The van der Waals surface area contributed by atoms with E-state index in [-0.39, 0.29) is 22.5 Å². The zero-order chi connectivity index (χ0) is 11.5. The number of rotatable bonds is 2. The van der Waals surface area contributed by atoms with E-state index in [0.717, 1.165) is 0 Å². The normalized spacial score (nSPS) is 19.8. The molecule has 1 aliphatic heterocycles. The molecule has 2 rings (SSSR count). The summed E-state index contributed by atoms with van der Waals surface area (Å²) in [7, 11) is 0. The lowest BCUT2D eigenvalue weighted by Crippen LogP contribution is -2.23. The summed E-state index contributed by atoms with van der Waals surface area (Å²) in [6, 6.07) is 4.51. The van der Waals surface area contributed by atoms with Crippen LogP contribution >= 0.6 is 11.6 Å². The molecule has 0 aliphatic carbocycles. The predicted molar refractivity (Wildman–Crippen MR) is 59.0 cm³/mol. The van der Waals surface area contributed by atoms with E-state index in [1.54, 1.807) is 6.07 Å². The highest BCUT2D eigenvalue weighted by Crippen LogP contribution is 2.23. The fourth-order valence-electron chi connectivity index (χ4n) is 1.58. The molecule has 3 nitrogen and oxygen atoms in total. The molecule has 0 radical (unpaired) electrons. The van der Waals surface area contributed by atoms with E-state index in [1.165, 1.54) is 12.1 Å². The standard InChI is InChI=1S/C11H11ClFNO2/c12-8-2-1-3-9(10(8)13)14-11(15)7-4-5-16-6-7/h1-3,7H,4-6H2,(H,14,15). The van der Waals surface area contributed by atoms with Crippen molar-refractivity contribution in [3.8, 4) is 0 Å². The summed E-state index contributed by atoms with van der Waals surface area (Å²) in [5, 5.41) is 2.52. The molecule has 1 heterocycles. The van der Waals surface area contributed by atoms with Crippen LogP contribution in [0.15, 0.2) is 18.2 Å². The van der Waals surface area contributed by atoms with Crippen molar-refractivity contribution in [1.82, 2.24) is 0 Å². The zero-order valence-corrected chi connectivity index (χ0v) is 9.26. The number of hydrogen-bond acceptors (Lipinski definition) is 2. The van der Waals surface area contributed by atoms with Gasteiger partial charge in [0.15, 0.2) is 5.82 Å². The van der Waals surface area contributed by atoms with E-state index in [4.69, 9.17) is 16.3 Å². The first-order chi connectivity index (χ1) is 7.68. The fraction of sp³-hybridized carbons (Fsp3) is 0.364. The van der Waals surface area contributed by atoms with Crippen molar-refractivity contribution < 1.29 is 13.9 Å². The van der Waals surface area contributed by atoms with E-state index in [2.05, 4.69) is 5.32 Å². The third-order valence-corrected chi connectivity index (χ3v) is 2.80. The van der Waals surface area contributed by atoms with Crippen LogP contribution < -0.4 is 5.32 Å². The Morgan fingerprint density at radius 2 is 2.38 bits per heavy atom. The molecule has 5 heteroatoms. The molecule has 0 saturated carbocycles. The van der Waals surface area contributed by atoms with Gasteiger partial charge in [0.05, 0.1) is 23.2 Å². The highest BCUT2D eigenvalue weighted by Gasteiger charge is 2.24. The number of hydrogen-bond donors (Lipinski definition) is 1. The van der Waals surface area contributed by atoms with Crippen LogP contribution in [-0.4, -0.2) is 19.1 Å². The highest BCUT2D eigenvalue weighted by molar-refractivity contribution is 6.31. The average molecular weight is 244 g/mol. The number of ether oxygens (including phenoxy) is 1. The van der Waals surface area contributed by atoms with E-state index in [0.29, 0.717) is 19.6 Å². The van der Waals surface area contributed by atoms with Gasteiger partial charge in [0.1, 0.15) is 0 Å². The molecule has 0 bridgehead atoms. The Morgan fingerprint density at radius 1 is 1.56 bits per heavy atom. The molecule has 1 fully saturated rings. The van der Waals surface area contributed by atoms with Gasteiger partial charge in [-0.15, -0.1) is 0 Å². The summed E-state index contributed by atoms with van der Waals surface area (Å²) in [5.41, 5.74) is 0.115. The fourth-order valence-corrected chi connectivity index (χ4v) is 1.75. The van der Waals surface area contributed by atoms with Crippen molar-refractivity contribution in [1.29, 1.82) is 0 Å². The van der Waals surface area contributed by atoms with Gasteiger partial charge in [0.2, 0.25) is 5.91 Å². The first-order valence-electron chi connectivity index (χ1n) is 5.01. The van der Waals surface area contributed by atoms with Gasteiger partial charge in [0.25, 0.3) is 0 Å². The van der Waals surface area contributed by atoms with E-state index in [1.807, 2.05) is 0 Å². The molecule has 1 aliphatic rings. The average Bonchev–Trinajstić information content (AvgIpc) is 2.78. The summed E-state index contributed by atoms with van der Waals surface area (Å²) in [6.45, 7) is 0.976. The minimum Gasteiger partial charge on any atom is -0.381 e. The highest BCUT2D eigenvalue weighted by atomic mass is 35.5. The lowest BCUT2D eigenvalue weighted by molar-refractivity contribution is -0.119. The Labute approximate surface area is 97.5 Å². The van der Waals surface area contributed by atoms with Crippen LogP contribution in [-0.2, 0) is 9.53 Å². The third-order valence-electron chi connectivity index (χ3n) is 2.51. The smallest absolute Gasteiger partial charge is 0.229 e. The molecule has 1 aromatic rings. The van der Waals surface area contributed by atoms with Gasteiger partial charge < -0.3 is 10.1 Å². The van der Waals surface area contributed by atoms with Crippen LogP contribution in [0.5, 0.6) is 0 Å². The van der Waals surface area contributed by atoms with Gasteiger partial charge in [-0.25, -0.2) is 4.39 Å². The summed E-state index contributed by atoms with van der Waals surface area (Å²) < 4.78 is 18.6.